The molecule has 0 aromatic heterocycles. The molecule has 0 heterocycles. The van der Waals surface area contributed by atoms with E-state index in [9.17, 15) is 9.90 Å². The third-order valence-electron chi connectivity index (χ3n) is 3.46. The van der Waals surface area contributed by atoms with Crippen LogP contribution in [0, 0.1) is 20.8 Å². The lowest BCUT2D eigenvalue weighted by atomic mass is 9.92. The summed E-state index contributed by atoms with van der Waals surface area (Å²) < 4.78 is 0. The summed E-state index contributed by atoms with van der Waals surface area (Å²) in [7, 11) is 0. The Balaban J connectivity index is 2.45. The van der Waals surface area contributed by atoms with Gasteiger partial charge in [-0.2, -0.15) is 0 Å². The molecule has 2 heteroatoms. The van der Waals surface area contributed by atoms with Gasteiger partial charge in [-0.3, -0.25) is 0 Å². The van der Waals surface area contributed by atoms with Crippen molar-refractivity contribution < 1.29 is 9.90 Å². The van der Waals surface area contributed by atoms with Crippen molar-refractivity contribution in [3.63, 3.8) is 0 Å². The third-order valence-corrected chi connectivity index (χ3v) is 3.46. The second-order valence-corrected chi connectivity index (χ2v) is 5.02. The number of rotatable bonds is 3. The highest BCUT2D eigenvalue weighted by Gasteiger charge is 2.12. The summed E-state index contributed by atoms with van der Waals surface area (Å²) in [5, 5.41) is 9.23. The van der Waals surface area contributed by atoms with Gasteiger partial charge in [-0.05, 0) is 55.5 Å². The molecule has 0 aliphatic heterocycles. The van der Waals surface area contributed by atoms with Crippen LogP contribution in [0.5, 0.6) is 0 Å². The predicted molar refractivity (Wildman–Crippen MR) is 76.9 cm³/mol. The number of carboxylic acid groups (broad SMARTS) is 1. The molecule has 0 fully saturated rings. The molecule has 1 N–H and O–H groups in total. The Kier molecular flexibility index (Phi) is 3.70. The number of aryl methyl sites for hydroxylation is 3. The number of hydrogen-bond acceptors (Lipinski definition) is 1. The van der Waals surface area contributed by atoms with Gasteiger partial charge in [0.2, 0.25) is 0 Å². The van der Waals surface area contributed by atoms with E-state index in [1.54, 1.807) is 12.1 Å². The number of benzene rings is 2. The van der Waals surface area contributed by atoms with Crippen LogP contribution in [0.2, 0.25) is 0 Å². The van der Waals surface area contributed by atoms with E-state index in [0.717, 1.165) is 5.56 Å². The monoisotopic (exact) mass is 254 g/mol. The van der Waals surface area contributed by atoms with Crippen LogP contribution in [0.3, 0.4) is 0 Å². The van der Waals surface area contributed by atoms with Crippen LogP contribution in [0.15, 0.2) is 36.4 Å². The molecule has 0 radical (unpaired) electrons. The molecular weight excluding hydrogens is 236 g/mol. The molecule has 0 atom stereocenters. The molecule has 0 saturated heterocycles. The minimum atomic E-state index is -0.863. The maximum atomic E-state index is 11.2. The van der Waals surface area contributed by atoms with Gasteiger partial charge in [0.05, 0.1) is 5.56 Å². The molecule has 2 nitrogen and oxygen atoms in total. The fraction of sp³-hybridized carbons (Fsp3) is 0.235. The smallest absolute Gasteiger partial charge is 0.335 e. The first kappa shape index (κ1) is 13.3. The van der Waals surface area contributed by atoms with Gasteiger partial charge in [0.15, 0.2) is 0 Å². The summed E-state index contributed by atoms with van der Waals surface area (Å²) in [5.74, 6) is -0.863. The lowest BCUT2D eigenvalue weighted by Crippen LogP contribution is -2.04. The molecular formula is C17H18O2. The zero-order valence-corrected chi connectivity index (χ0v) is 11.5. The molecule has 0 aliphatic carbocycles. The van der Waals surface area contributed by atoms with Gasteiger partial charge in [0.25, 0.3) is 0 Å². The van der Waals surface area contributed by atoms with Gasteiger partial charge < -0.3 is 5.11 Å². The van der Waals surface area contributed by atoms with Crippen molar-refractivity contribution in [1.29, 1.82) is 0 Å². The van der Waals surface area contributed by atoms with E-state index in [4.69, 9.17) is 0 Å². The summed E-state index contributed by atoms with van der Waals surface area (Å²) in [5.41, 5.74) is 6.16. The quantitative estimate of drug-likeness (QED) is 0.902. The number of hydrogen-bond donors (Lipinski definition) is 1. The van der Waals surface area contributed by atoms with Crippen molar-refractivity contribution in [3.8, 4) is 0 Å². The lowest BCUT2D eigenvalue weighted by molar-refractivity contribution is 0.0696. The first-order valence-electron chi connectivity index (χ1n) is 6.37. The molecule has 2 aromatic rings. The third kappa shape index (κ3) is 2.84. The van der Waals surface area contributed by atoms with Crippen molar-refractivity contribution in [3.05, 3.63) is 69.8 Å². The minimum Gasteiger partial charge on any atom is -0.478 e. The highest BCUT2D eigenvalue weighted by Crippen LogP contribution is 2.22. The average Bonchev–Trinajstić information content (AvgIpc) is 2.34. The summed E-state index contributed by atoms with van der Waals surface area (Å²) in [6.07, 6.45) is 0.667. The summed E-state index contributed by atoms with van der Waals surface area (Å²) in [4.78, 5) is 11.2. The Morgan fingerprint density at radius 2 is 1.63 bits per heavy atom. The Morgan fingerprint density at radius 1 is 1.05 bits per heavy atom. The second kappa shape index (κ2) is 5.27. The van der Waals surface area contributed by atoms with Gasteiger partial charge in [0, 0.05) is 0 Å². The van der Waals surface area contributed by atoms with E-state index in [-0.39, 0.29) is 0 Å². The Morgan fingerprint density at radius 3 is 2.21 bits per heavy atom. The molecule has 19 heavy (non-hydrogen) atoms. The maximum Gasteiger partial charge on any atom is 0.335 e. The van der Waals surface area contributed by atoms with Crippen molar-refractivity contribution >= 4 is 5.97 Å². The van der Waals surface area contributed by atoms with Crippen LogP contribution in [-0.2, 0) is 6.42 Å². The molecule has 0 aliphatic rings. The summed E-state index contributed by atoms with van der Waals surface area (Å²) in [6, 6.07) is 11.5. The van der Waals surface area contributed by atoms with E-state index in [1.165, 1.54) is 22.3 Å². The van der Waals surface area contributed by atoms with E-state index in [0.29, 0.717) is 12.0 Å². The molecule has 0 spiro atoms. The molecule has 2 rings (SSSR count). The normalized spacial score (nSPS) is 10.5. The van der Waals surface area contributed by atoms with Crippen LogP contribution in [0.4, 0.5) is 0 Å². The molecule has 2 aromatic carbocycles. The average molecular weight is 254 g/mol. The molecule has 0 saturated carbocycles. The largest absolute Gasteiger partial charge is 0.478 e. The van der Waals surface area contributed by atoms with Gasteiger partial charge >= 0.3 is 5.97 Å². The SMILES string of the molecule is Cc1cc(C)c(Cc2ccccc2C(=O)O)c(C)c1. The summed E-state index contributed by atoms with van der Waals surface area (Å²) in [6.45, 7) is 6.24. The fourth-order valence-corrected chi connectivity index (χ4v) is 2.56. The van der Waals surface area contributed by atoms with E-state index >= 15 is 0 Å². The lowest BCUT2D eigenvalue weighted by Gasteiger charge is -2.13. The predicted octanol–water partition coefficient (Wildman–Crippen LogP) is 3.90. The van der Waals surface area contributed by atoms with Crippen LogP contribution >= 0.6 is 0 Å². The van der Waals surface area contributed by atoms with Crippen LogP contribution < -0.4 is 0 Å². The molecule has 0 amide bonds. The highest BCUT2D eigenvalue weighted by molar-refractivity contribution is 5.89. The van der Waals surface area contributed by atoms with Crippen molar-refractivity contribution in [2.24, 2.45) is 0 Å². The Labute approximate surface area is 113 Å². The van der Waals surface area contributed by atoms with Gasteiger partial charge in [0.1, 0.15) is 0 Å². The Bertz CT molecular complexity index is 604. The topological polar surface area (TPSA) is 37.3 Å². The maximum absolute atomic E-state index is 11.2. The van der Waals surface area contributed by atoms with Gasteiger partial charge in [-0.15, -0.1) is 0 Å². The zero-order valence-electron chi connectivity index (χ0n) is 11.5. The first-order valence-corrected chi connectivity index (χ1v) is 6.37. The highest BCUT2D eigenvalue weighted by atomic mass is 16.4. The van der Waals surface area contributed by atoms with E-state index < -0.39 is 5.97 Å². The van der Waals surface area contributed by atoms with Crippen molar-refractivity contribution in [2.45, 2.75) is 27.2 Å². The number of aromatic carboxylic acids is 1. The van der Waals surface area contributed by atoms with E-state index in [2.05, 4.69) is 32.9 Å². The molecule has 0 unspecified atom stereocenters. The standard InChI is InChI=1S/C17H18O2/c1-11-8-12(2)16(13(3)9-11)10-14-6-4-5-7-15(14)17(18)19/h4-9H,10H2,1-3H3,(H,18,19). The minimum absolute atomic E-state index is 0.391. The summed E-state index contributed by atoms with van der Waals surface area (Å²) >= 11 is 0. The van der Waals surface area contributed by atoms with Gasteiger partial charge in [-0.1, -0.05) is 35.9 Å². The van der Waals surface area contributed by atoms with Crippen LogP contribution in [0.25, 0.3) is 0 Å². The van der Waals surface area contributed by atoms with E-state index in [1.807, 2.05) is 12.1 Å². The molecule has 98 valence electrons. The van der Waals surface area contributed by atoms with Crippen LogP contribution in [-0.4, -0.2) is 11.1 Å². The number of carbonyl (C=O) groups is 1. The Hall–Kier alpha value is -2.09. The van der Waals surface area contributed by atoms with Crippen LogP contribution in [0.1, 0.15) is 38.2 Å². The second-order valence-electron chi connectivity index (χ2n) is 5.02. The van der Waals surface area contributed by atoms with Crippen molar-refractivity contribution in [2.75, 3.05) is 0 Å². The zero-order chi connectivity index (χ0) is 14.0. The fourth-order valence-electron chi connectivity index (χ4n) is 2.56. The number of carboxylic acids is 1. The van der Waals surface area contributed by atoms with Crippen molar-refractivity contribution in [1.82, 2.24) is 0 Å². The first-order chi connectivity index (χ1) is 8.99. The molecule has 0 bridgehead atoms. The van der Waals surface area contributed by atoms with Gasteiger partial charge in [-0.25, -0.2) is 4.79 Å².